The Labute approximate surface area is 106 Å². The molecule has 2 nitrogen and oxygen atoms in total. The highest BCUT2D eigenvalue weighted by Crippen LogP contribution is 2.32. The maximum atomic E-state index is 13.1. The number of aliphatic hydroxyl groups is 1. The molecule has 0 aromatic heterocycles. The van der Waals surface area contributed by atoms with E-state index in [9.17, 15) is 9.50 Å². The second kappa shape index (κ2) is 5.74. The Morgan fingerprint density at radius 2 is 2.06 bits per heavy atom. The second-order valence-corrected chi connectivity index (χ2v) is 6.67. The highest BCUT2D eigenvalue weighted by molar-refractivity contribution is 8.00. The highest BCUT2D eigenvalue weighted by atomic mass is 32.2. The first-order chi connectivity index (χ1) is 7.83. The first kappa shape index (κ1) is 14.3. The van der Waals surface area contributed by atoms with E-state index in [2.05, 4.69) is 20.8 Å². The van der Waals surface area contributed by atoms with Crippen molar-refractivity contribution in [2.75, 3.05) is 12.9 Å². The lowest BCUT2D eigenvalue weighted by atomic mass is 10.1. The van der Waals surface area contributed by atoms with E-state index in [4.69, 9.17) is 4.74 Å². The van der Waals surface area contributed by atoms with Gasteiger partial charge in [-0.3, -0.25) is 0 Å². The van der Waals surface area contributed by atoms with E-state index in [0.29, 0.717) is 17.1 Å². The van der Waals surface area contributed by atoms with Gasteiger partial charge >= 0.3 is 0 Å². The van der Waals surface area contributed by atoms with Gasteiger partial charge in [0.25, 0.3) is 0 Å². The van der Waals surface area contributed by atoms with E-state index in [1.165, 1.54) is 25.3 Å². The molecule has 17 heavy (non-hydrogen) atoms. The van der Waals surface area contributed by atoms with Crippen molar-refractivity contribution < 1.29 is 14.2 Å². The van der Waals surface area contributed by atoms with Gasteiger partial charge in [0.1, 0.15) is 11.6 Å². The molecule has 0 fully saturated rings. The lowest BCUT2D eigenvalue weighted by Gasteiger charge is -2.21. The zero-order valence-electron chi connectivity index (χ0n) is 10.7. The van der Waals surface area contributed by atoms with Gasteiger partial charge in [0.2, 0.25) is 0 Å². The van der Waals surface area contributed by atoms with E-state index >= 15 is 0 Å². The number of rotatable bonds is 4. The molecule has 0 aliphatic heterocycles. The zero-order chi connectivity index (χ0) is 13.1. The average Bonchev–Trinajstić information content (AvgIpc) is 2.25. The topological polar surface area (TPSA) is 29.5 Å². The van der Waals surface area contributed by atoms with Gasteiger partial charge in [-0.2, -0.15) is 11.8 Å². The van der Waals surface area contributed by atoms with E-state index in [0.717, 1.165) is 0 Å². The van der Waals surface area contributed by atoms with Crippen molar-refractivity contribution in [2.45, 2.75) is 31.6 Å². The molecule has 1 rings (SSSR count). The molecule has 1 N–H and O–H groups in total. The third kappa shape index (κ3) is 4.56. The van der Waals surface area contributed by atoms with Crippen molar-refractivity contribution >= 4 is 11.8 Å². The van der Waals surface area contributed by atoms with Crippen LogP contribution in [0.25, 0.3) is 0 Å². The molecule has 96 valence electrons. The lowest BCUT2D eigenvalue weighted by molar-refractivity contribution is 0.198. The number of hydrogen-bond acceptors (Lipinski definition) is 3. The number of thioether (sulfide) groups is 1. The molecule has 1 aromatic carbocycles. The molecule has 0 heterocycles. The maximum Gasteiger partial charge on any atom is 0.124 e. The van der Waals surface area contributed by atoms with Crippen LogP contribution >= 0.6 is 11.8 Å². The number of ether oxygens (including phenoxy) is 1. The Balaban J connectivity index is 2.80. The summed E-state index contributed by atoms with van der Waals surface area (Å²) in [7, 11) is 1.51. The van der Waals surface area contributed by atoms with Crippen molar-refractivity contribution in [3.63, 3.8) is 0 Å². The third-order valence-electron chi connectivity index (χ3n) is 2.22. The van der Waals surface area contributed by atoms with Crippen molar-refractivity contribution in [1.29, 1.82) is 0 Å². The number of hydrogen-bond donors (Lipinski definition) is 1. The van der Waals surface area contributed by atoms with Crippen LogP contribution in [0.1, 0.15) is 32.4 Å². The summed E-state index contributed by atoms with van der Waals surface area (Å²) in [6.45, 7) is 6.23. The molecule has 0 aliphatic carbocycles. The predicted molar refractivity (Wildman–Crippen MR) is 70.1 cm³/mol. The molecule has 1 unspecified atom stereocenters. The van der Waals surface area contributed by atoms with Gasteiger partial charge < -0.3 is 9.84 Å². The van der Waals surface area contributed by atoms with Crippen LogP contribution in [0.15, 0.2) is 18.2 Å². The van der Waals surface area contributed by atoms with E-state index < -0.39 is 6.10 Å². The zero-order valence-corrected chi connectivity index (χ0v) is 11.5. The van der Waals surface area contributed by atoms with Crippen LogP contribution in [0.4, 0.5) is 4.39 Å². The molecule has 4 heteroatoms. The van der Waals surface area contributed by atoms with Gasteiger partial charge in [-0.15, -0.1) is 0 Å². The van der Waals surface area contributed by atoms with Crippen molar-refractivity contribution in [3.05, 3.63) is 29.6 Å². The minimum Gasteiger partial charge on any atom is -0.496 e. The Hall–Kier alpha value is -0.740. The maximum absolute atomic E-state index is 13.1. The summed E-state index contributed by atoms with van der Waals surface area (Å²) < 4.78 is 18.3. The Kier molecular flexibility index (Phi) is 4.83. The van der Waals surface area contributed by atoms with Gasteiger partial charge in [-0.05, 0) is 18.2 Å². The van der Waals surface area contributed by atoms with Crippen LogP contribution < -0.4 is 4.74 Å². The number of aliphatic hydroxyl groups excluding tert-OH is 1. The van der Waals surface area contributed by atoms with Gasteiger partial charge in [-0.1, -0.05) is 20.8 Å². The smallest absolute Gasteiger partial charge is 0.124 e. The Bertz CT molecular complexity index is 374. The largest absolute Gasteiger partial charge is 0.496 e. The van der Waals surface area contributed by atoms with Crippen molar-refractivity contribution in [3.8, 4) is 5.75 Å². The first-order valence-corrected chi connectivity index (χ1v) is 6.47. The Morgan fingerprint density at radius 3 is 2.59 bits per heavy atom. The molecular weight excluding hydrogens is 239 g/mol. The number of halogens is 1. The van der Waals surface area contributed by atoms with Gasteiger partial charge in [0, 0.05) is 16.1 Å². The number of benzene rings is 1. The summed E-state index contributed by atoms with van der Waals surface area (Å²) in [5.74, 6) is 0.678. The van der Waals surface area contributed by atoms with Gasteiger partial charge in [0.15, 0.2) is 0 Å². The molecule has 0 amide bonds. The van der Waals surface area contributed by atoms with Crippen LogP contribution in [0.3, 0.4) is 0 Å². The molecule has 0 spiro atoms. The van der Waals surface area contributed by atoms with Crippen molar-refractivity contribution in [2.24, 2.45) is 0 Å². The summed E-state index contributed by atoms with van der Waals surface area (Å²) in [6.07, 6.45) is -0.718. The molecule has 1 aromatic rings. The summed E-state index contributed by atoms with van der Waals surface area (Å²) in [5.41, 5.74) is 0.504. The van der Waals surface area contributed by atoms with Gasteiger partial charge in [-0.25, -0.2) is 4.39 Å². The monoisotopic (exact) mass is 258 g/mol. The van der Waals surface area contributed by atoms with Gasteiger partial charge in [0.05, 0.1) is 13.2 Å². The van der Waals surface area contributed by atoms with Crippen LogP contribution in [-0.4, -0.2) is 22.7 Å². The van der Waals surface area contributed by atoms with Crippen LogP contribution in [-0.2, 0) is 0 Å². The predicted octanol–water partition coefficient (Wildman–Crippen LogP) is 3.40. The lowest BCUT2D eigenvalue weighted by Crippen LogP contribution is -2.12. The van der Waals surface area contributed by atoms with E-state index in [1.54, 1.807) is 11.8 Å². The molecule has 0 bridgehead atoms. The standard InChI is InChI=1S/C13H19FO2S/c1-13(2,3)17-8-11(15)10-7-9(14)5-6-12(10)16-4/h5-7,11,15H,8H2,1-4H3. The normalized spacial score (nSPS) is 13.5. The summed E-state index contributed by atoms with van der Waals surface area (Å²) in [5, 5.41) is 10.1. The fraction of sp³-hybridized carbons (Fsp3) is 0.538. The third-order valence-corrected chi connectivity index (χ3v) is 3.57. The minimum absolute atomic E-state index is 0.0710. The van der Waals surface area contributed by atoms with Crippen LogP contribution in [0.2, 0.25) is 0 Å². The fourth-order valence-electron chi connectivity index (χ4n) is 1.38. The molecule has 0 aliphatic rings. The van der Waals surface area contributed by atoms with Crippen molar-refractivity contribution in [1.82, 2.24) is 0 Å². The minimum atomic E-state index is -0.718. The van der Waals surface area contributed by atoms with Crippen LogP contribution in [0.5, 0.6) is 5.75 Å². The summed E-state index contributed by atoms with van der Waals surface area (Å²) in [4.78, 5) is 0. The molecule has 0 saturated carbocycles. The highest BCUT2D eigenvalue weighted by Gasteiger charge is 2.18. The fourth-order valence-corrected chi connectivity index (χ4v) is 2.22. The van der Waals surface area contributed by atoms with Crippen LogP contribution in [0, 0.1) is 5.82 Å². The average molecular weight is 258 g/mol. The number of methoxy groups -OCH3 is 1. The second-order valence-electron chi connectivity index (χ2n) is 4.83. The van der Waals surface area contributed by atoms with E-state index in [-0.39, 0.29) is 10.6 Å². The SMILES string of the molecule is COc1ccc(F)cc1C(O)CSC(C)(C)C. The summed E-state index contributed by atoms with van der Waals surface area (Å²) >= 11 is 1.63. The quantitative estimate of drug-likeness (QED) is 0.897. The Morgan fingerprint density at radius 1 is 1.41 bits per heavy atom. The first-order valence-electron chi connectivity index (χ1n) is 5.49. The molecular formula is C13H19FO2S. The molecule has 1 atom stereocenters. The molecule has 0 saturated heterocycles. The summed E-state index contributed by atoms with van der Waals surface area (Å²) in [6, 6.07) is 4.19. The molecule has 0 radical (unpaired) electrons. The van der Waals surface area contributed by atoms with E-state index in [1.807, 2.05) is 0 Å².